The van der Waals surface area contributed by atoms with Crippen LogP contribution in [0.25, 0.3) is 0 Å². The predicted molar refractivity (Wildman–Crippen MR) is 121 cm³/mol. The maximum absolute atomic E-state index is 13.1. The van der Waals surface area contributed by atoms with Crippen molar-refractivity contribution in [3.8, 4) is 5.75 Å². The summed E-state index contributed by atoms with van der Waals surface area (Å²) in [7, 11) is 1.45. The third-order valence-electron chi connectivity index (χ3n) is 4.63. The van der Waals surface area contributed by atoms with E-state index in [-0.39, 0.29) is 17.9 Å². The van der Waals surface area contributed by atoms with Crippen LogP contribution in [0.2, 0.25) is 0 Å². The first-order valence-corrected chi connectivity index (χ1v) is 10.4. The standard InChI is InChI=1S/C24H31N3O5/c1-16(26-23(31)32-24(2,3)4)22(30)27(5)20(18-13-9-10-14-19(18)28)21(29)25-15-17-11-7-6-8-12-17/h6-14,16,20,28H,15H2,1-5H3,(H,25,29)(H,26,31). The summed E-state index contributed by atoms with van der Waals surface area (Å²) in [5.41, 5.74) is 0.457. The molecular weight excluding hydrogens is 410 g/mol. The molecule has 2 aromatic rings. The van der Waals surface area contributed by atoms with Crippen molar-refractivity contribution in [2.45, 2.75) is 51.9 Å². The van der Waals surface area contributed by atoms with Crippen molar-refractivity contribution in [1.29, 1.82) is 0 Å². The molecule has 0 bridgehead atoms. The average molecular weight is 442 g/mol. The molecule has 3 N–H and O–H groups in total. The number of nitrogens with zero attached hydrogens (tertiary/aromatic N) is 1. The molecule has 172 valence electrons. The highest BCUT2D eigenvalue weighted by atomic mass is 16.6. The van der Waals surface area contributed by atoms with E-state index in [2.05, 4.69) is 10.6 Å². The lowest BCUT2D eigenvalue weighted by Gasteiger charge is -2.30. The van der Waals surface area contributed by atoms with Crippen molar-refractivity contribution in [3.05, 3.63) is 65.7 Å². The molecule has 0 saturated carbocycles. The Labute approximate surface area is 188 Å². The second kappa shape index (κ2) is 10.7. The van der Waals surface area contributed by atoms with E-state index < -0.39 is 35.6 Å². The van der Waals surface area contributed by atoms with E-state index in [1.807, 2.05) is 30.3 Å². The van der Waals surface area contributed by atoms with Gasteiger partial charge in [0.15, 0.2) is 0 Å². The summed E-state index contributed by atoms with van der Waals surface area (Å²) in [5, 5.41) is 15.7. The molecule has 0 fully saturated rings. The van der Waals surface area contributed by atoms with E-state index in [9.17, 15) is 19.5 Å². The number of likely N-dealkylation sites (N-methyl/N-ethyl adjacent to an activating group) is 1. The smallest absolute Gasteiger partial charge is 0.408 e. The molecule has 2 atom stereocenters. The lowest BCUT2D eigenvalue weighted by Crippen LogP contribution is -2.50. The SMILES string of the molecule is CC(NC(=O)OC(C)(C)C)C(=O)N(C)C(C(=O)NCc1ccccc1)c1ccccc1O. The zero-order valence-corrected chi connectivity index (χ0v) is 19.1. The Bertz CT molecular complexity index is 940. The number of carbonyl (C=O) groups is 3. The molecule has 2 aromatic carbocycles. The third-order valence-corrected chi connectivity index (χ3v) is 4.63. The Morgan fingerprint density at radius 1 is 1.03 bits per heavy atom. The zero-order valence-electron chi connectivity index (χ0n) is 19.1. The minimum atomic E-state index is -1.10. The number of hydrogen-bond donors (Lipinski definition) is 3. The molecule has 8 heteroatoms. The minimum absolute atomic E-state index is 0.111. The minimum Gasteiger partial charge on any atom is -0.508 e. The van der Waals surface area contributed by atoms with Gasteiger partial charge in [-0.05, 0) is 39.3 Å². The first-order chi connectivity index (χ1) is 15.0. The van der Waals surface area contributed by atoms with Gasteiger partial charge in [-0.1, -0.05) is 48.5 Å². The van der Waals surface area contributed by atoms with E-state index >= 15 is 0 Å². The van der Waals surface area contributed by atoms with Crippen LogP contribution < -0.4 is 10.6 Å². The van der Waals surface area contributed by atoms with Crippen LogP contribution in [0.1, 0.15) is 44.9 Å². The van der Waals surface area contributed by atoms with Crippen LogP contribution >= 0.6 is 0 Å². The van der Waals surface area contributed by atoms with Crippen LogP contribution in [0.4, 0.5) is 4.79 Å². The van der Waals surface area contributed by atoms with Gasteiger partial charge in [0.05, 0.1) is 0 Å². The number of phenols is 1. The molecule has 0 aliphatic rings. The highest BCUT2D eigenvalue weighted by Crippen LogP contribution is 2.28. The fourth-order valence-corrected chi connectivity index (χ4v) is 3.10. The monoisotopic (exact) mass is 441 g/mol. The number of ether oxygens (including phenoxy) is 1. The lowest BCUT2D eigenvalue weighted by atomic mass is 10.0. The van der Waals surface area contributed by atoms with Crippen LogP contribution in [0, 0.1) is 0 Å². The molecule has 0 saturated heterocycles. The first-order valence-electron chi connectivity index (χ1n) is 10.4. The normalized spacial score (nSPS) is 12.9. The molecule has 0 aliphatic carbocycles. The van der Waals surface area contributed by atoms with Crippen molar-refractivity contribution >= 4 is 17.9 Å². The molecule has 0 radical (unpaired) electrons. The Morgan fingerprint density at radius 3 is 2.22 bits per heavy atom. The Kier molecular flexibility index (Phi) is 8.23. The van der Waals surface area contributed by atoms with Crippen LogP contribution in [-0.2, 0) is 20.9 Å². The van der Waals surface area contributed by atoms with Gasteiger partial charge in [0.25, 0.3) is 0 Å². The second-order valence-corrected chi connectivity index (χ2v) is 8.48. The Morgan fingerprint density at radius 2 is 1.62 bits per heavy atom. The summed E-state index contributed by atoms with van der Waals surface area (Å²) in [4.78, 5) is 39.4. The van der Waals surface area contributed by atoms with E-state index in [0.717, 1.165) is 5.56 Å². The molecule has 0 aliphatic heterocycles. The van der Waals surface area contributed by atoms with Crippen LogP contribution in [-0.4, -0.2) is 46.6 Å². The Balaban J connectivity index is 2.20. The van der Waals surface area contributed by atoms with Gasteiger partial charge in [0.1, 0.15) is 23.4 Å². The van der Waals surface area contributed by atoms with Gasteiger partial charge in [-0.25, -0.2) is 4.79 Å². The quantitative estimate of drug-likeness (QED) is 0.612. The fraction of sp³-hybridized carbons (Fsp3) is 0.375. The summed E-state index contributed by atoms with van der Waals surface area (Å²) in [6, 6.07) is 13.6. The lowest BCUT2D eigenvalue weighted by molar-refractivity contribution is -0.140. The number of benzene rings is 2. The van der Waals surface area contributed by atoms with Crippen LogP contribution in [0.5, 0.6) is 5.75 Å². The van der Waals surface area contributed by atoms with Crippen molar-refractivity contribution < 1.29 is 24.2 Å². The first kappa shape index (κ1) is 24.7. The van der Waals surface area contributed by atoms with Crippen molar-refractivity contribution in [2.24, 2.45) is 0 Å². The highest BCUT2D eigenvalue weighted by Gasteiger charge is 2.33. The number of para-hydroxylation sites is 1. The number of amides is 3. The van der Waals surface area contributed by atoms with Gasteiger partial charge in [-0.3, -0.25) is 9.59 Å². The molecule has 0 heterocycles. The maximum Gasteiger partial charge on any atom is 0.408 e. The van der Waals surface area contributed by atoms with Crippen LogP contribution in [0.15, 0.2) is 54.6 Å². The van der Waals surface area contributed by atoms with Gasteiger partial charge in [-0.15, -0.1) is 0 Å². The zero-order chi connectivity index (χ0) is 23.9. The molecule has 2 unspecified atom stereocenters. The Hall–Kier alpha value is -3.55. The summed E-state index contributed by atoms with van der Waals surface area (Å²) in [5.74, 6) is -1.09. The summed E-state index contributed by atoms with van der Waals surface area (Å²) >= 11 is 0. The summed E-state index contributed by atoms with van der Waals surface area (Å²) in [6.07, 6.45) is -0.737. The largest absolute Gasteiger partial charge is 0.508 e. The second-order valence-electron chi connectivity index (χ2n) is 8.48. The van der Waals surface area contributed by atoms with Gasteiger partial charge < -0.3 is 25.4 Å². The number of carbonyl (C=O) groups excluding carboxylic acids is 3. The number of nitrogens with one attached hydrogen (secondary N) is 2. The molecule has 3 amide bonds. The van der Waals surface area contributed by atoms with Gasteiger partial charge >= 0.3 is 6.09 Å². The number of hydrogen-bond acceptors (Lipinski definition) is 5. The van der Waals surface area contributed by atoms with Crippen molar-refractivity contribution in [2.75, 3.05) is 7.05 Å². The van der Waals surface area contributed by atoms with Gasteiger partial charge in [0.2, 0.25) is 11.8 Å². The van der Waals surface area contributed by atoms with Crippen molar-refractivity contribution in [1.82, 2.24) is 15.5 Å². The van der Waals surface area contributed by atoms with Gasteiger partial charge in [0, 0.05) is 19.2 Å². The number of alkyl carbamates (subject to hydrolysis) is 1. The summed E-state index contributed by atoms with van der Waals surface area (Å²) in [6.45, 7) is 6.92. The van der Waals surface area contributed by atoms with E-state index in [0.29, 0.717) is 0 Å². The molecule has 0 spiro atoms. The topological polar surface area (TPSA) is 108 Å². The number of aromatic hydroxyl groups is 1. The highest BCUT2D eigenvalue weighted by molar-refractivity contribution is 5.92. The van der Waals surface area contributed by atoms with Gasteiger partial charge in [-0.2, -0.15) is 0 Å². The van der Waals surface area contributed by atoms with E-state index in [1.54, 1.807) is 39.0 Å². The number of phenolic OH excluding ortho intramolecular Hbond substituents is 1. The average Bonchev–Trinajstić information content (AvgIpc) is 2.72. The fourth-order valence-electron chi connectivity index (χ4n) is 3.10. The number of rotatable bonds is 7. The molecular formula is C24H31N3O5. The molecule has 8 nitrogen and oxygen atoms in total. The molecule has 0 aromatic heterocycles. The summed E-state index contributed by atoms with van der Waals surface area (Å²) < 4.78 is 5.20. The molecule has 2 rings (SSSR count). The van der Waals surface area contributed by atoms with E-state index in [4.69, 9.17) is 4.74 Å². The maximum atomic E-state index is 13.1. The predicted octanol–water partition coefficient (Wildman–Crippen LogP) is 3.12. The van der Waals surface area contributed by atoms with Crippen molar-refractivity contribution in [3.63, 3.8) is 0 Å². The van der Waals surface area contributed by atoms with E-state index in [1.165, 1.54) is 24.9 Å². The van der Waals surface area contributed by atoms with Crippen LogP contribution in [0.3, 0.4) is 0 Å². The molecule has 32 heavy (non-hydrogen) atoms. The third kappa shape index (κ3) is 7.01.